The zero-order chi connectivity index (χ0) is 28.2. The van der Waals surface area contributed by atoms with E-state index in [1.807, 2.05) is 18.3 Å². The molecule has 9 nitrogen and oxygen atoms in total. The van der Waals surface area contributed by atoms with Gasteiger partial charge in [0, 0.05) is 35.8 Å². The second kappa shape index (κ2) is 19.7. The van der Waals surface area contributed by atoms with E-state index in [1.165, 1.54) is 44.9 Å². The first-order valence-corrected chi connectivity index (χ1v) is 13.5. The Labute approximate surface area is 226 Å². The van der Waals surface area contributed by atoms with Crippen molar-refractivity contribution in [1.29, 1.82) is 0 Å². The first kappa shape index (κ1) is 32.7. The van der Waals surface area contributed by atoms with Gasteiger partial charge >= 0.3 is 11.9 Å². The molecule has 0 saturated heterocycles. The van der Waals surface area contributed by atoms with Crippen LogP contribution in [-0.4, -0.2) is 53.4 Å². The highest BCUT2D eigenvalue weighted by Gasteiger charge is 2.16. The van der Waals surface area contributed by atoms with E-state index >= 15 is 0 Å². The third kappa shape index (κ3) is 13.3. The van der Waals surface area contributed by atoms with Gasteiger partial charge in [0.15, 0.2) is 11.5 Å². The topological polar surface area (TPSA) is 144 Å². The minimum Gasteiger partial charge on any atom is -0.493 e. The van der Waals surface area contributed by atoms with Crippen molar-refractivity contribution in [2.24, 2.45) is 5.73 Å². The number of aliphatic carboxylic acids is 2. The summed E-state index contributed by atoms with van der Waals surface area (Å²) >= 11 is 0. The average Bonchev–Trinajstić information content (AvgIpc) is 2.90. The predicted octanol–water partition coefficient (Wildman–Crippen LogP) is 6.01. The molecule has 9 heteroatoms. The van der Waals surface area contributed by atoms with Crippen LogP contribution in [0.2, 0.25) is 0 Å². The highest BCUT2D eigenvalue weighted by molar-refractivity contribution is 5.97. The molecule has 0 aliphatic rings. The number of ether oxygens (including phenoxy) is 2. The minimum absolute atomic E-state index is 0.313. The van der Waals surface area contributed by atoms with E-state index in [0.29, 0.717) is 31.3 Å². The Bertz CT molecular complexity index is 980. The summed E-state index contributed by atoms with van der Waals surface area (Å²) in [6.45, 7) is 5.84. The summed E-state index contributed by atoms with van der Waals surface area (Å²) in [5.41, 5.74) is 7.55. The number of nitrogens with zero attached hydrogens (tertiary/aromatic N) is 1. The van der Waals surface area contributed by atoms with Crippen LogP contribution >= 0.6 is 0 Å². The lowest BCUT2D eigenvalue weighted by atomic mass is 10.1. The number of nitrogens with two attached hydrogens (primary N) is 1. The van der Waals surface area contributed by atoms with E-state index in [4.69, 9.17) is 25.4 Å². The lowest BCUT2D eigenvalue weighted by Crippen LogP contribution is -2.17. The SMILES string of the molecule is CCCCCCCCCCOc1c(OC)cc(NC(C)CCCN)c2ncccc12.O=C(O)/C=C/C(=O)O. The van der Waals surface area contributed by atoms with Crippen LogP contribution < -0.4 is 20.5 Å². The fourth-order valence-electron chi connectivity index (χ4n) is 3.93. The summed E-state index contributed by atoms with van der Waals surface area (Å²) in [6.07, 6.45) is 15.2. The molecule has 0 aliphatic carbocycles. The van der Waals surface area contributed by atoms with Gasteiger partial charge in [-0.3, -0.25) is 4.98 Å². The van der Waals surface area contributed by atoms with Gasteiger partial charge in [0.25, 0.3) is 0 Å². The number of unbranched alkanes of at least 4 members (excludes halogenated alkanes) is 7. The van der Waals surface area contributed by atoms with Gasteiger partial charge in [0.2, 0.25) is 0 Å². The monoisotopic (exact) mass is 531 g/mol. The summed E-state index contributed by atoms with van der Waals surface area (Å²) < 4.78 is 11.9. The number of benzene rings is 1. The predicted molar refractivity (Wildman–Crippen MR) is 152 cm³/mol. The van der Waals surface area contributed by atoms with Gasteiger partial charge in [-0.2, -0.15) is 0 Å². The number of pyridine rings is 1. The maximum Gasteiger partial charge on any atom is 0.328 e. The summed E-state index contributed by atoms with van der Waals surface area (Å²) in [5.74, 6) is -0.966. The normalized spacial score (nSPS) is 11.6. The first-order chi connectivity index (χ1) is 18.3. The highest BCUT2D eigenvalue weighted by atomic mass is 16.5. The Balaban J connectivity index is 0.000000781. The van der Waals surface area contributed by atoms with Gasteiger partial charge in [0.05, 0.1) is 24.9 Å². The van der Waals surface area contributed by atoms with Gasteiger partial charge in [-0.1, -0.05) is 51.9 Å². The second-order valence-corrected chi connectivity index (χ2v) is 9.16. The van der Waals surface area contributed by atoms with E-state index in [2.05, 4.69) is 30.2 Å². The van der Waals surface area contributed by atoms with E-state index in [1.54, 1.807) is 7.11 Å². The van der Waals surface area contributed by atoms with E-state index in [0.717, 1.165) is 47.4 Å². The molecule has 2 aromatic rings. The van der Waals surface area contributed by atoms with Gasteiger partial charge in [-0.15, -0.1) is 0 Å². The molecule has 0 bridgehead atoms. The molecular weight excluding hydrogens is 486 g/mol. The molecule has 1 unspecified atom stereocenters. The first-order valence-electron chi connectivity index (χ1n) is 13.5. The number of carbonyl (C=O) groups is 2. The Morgan fingerprint density at radius 2 is 1.68 bits per heavy atom. The minimum atomic E-state index is -1.26. The molecule has 1 atom stereocenters. The summed E-state index contributed by atoms with van der Waals surface area (Å²) in [7, 11) is 1.70. The van der Waals surface area contributed by atoms with Crippen LogP contribution in [0.5, 0.6) is 11.5 Å². The molecule has 1 aromatic heterocycles. The number of anilines is 1. The van der Waals surface area contributed by atoms with Crippen molar-refractivity contribution in [3.05, 3.63) is 36.5 Å². The van der Waals surface area contributed by atoms with Crippen LogP contribution in [0.4, 0.5) is 5.69 Å². The molecule has 0 fully saturated rings. The Hall–Kier alpha value is -3.33. The molecule has 2 rings (SSSR count). The van der Waals surface area contributed by atoms with Crippen LogP contribution in [0, 0.1) is 0 Å². The Morgan fingerprint density at radius 1 is 1.05 bits per heavy atom. The molecular formula is C29H45N3O6. The van der Waals surface area contributed by atoms with Crippen LogP contribution in [0.1, 0.15) is 78.1 Å². The molecule has 1 aromatic carbocycles. The maximum absolute atomic E-state index is 9.55. The number of methoxy groups -OCH3 is 1. The highest BCUT2D eigenvalue weighted by Crippen LogP contribution is 2.40. The van der Waals surface area contributed by atoms with E-state index in [9.17, 15) is 9.59 Å². The molecule has 0 amide bonds. The standard InChI is InChI=1S/C25H41N3O2.C4H4O4/c1-4-5-6-7-8-9-10-11-18-30-25-21-15-13-17-27-24(21)22(19-23(25)29-3)28-20(2)14-12-16-26;5-3(6)1-2-4(7)8/h13,15,17,19-20,28H,4-12,14,16,18,26H2,1-3H3;1-2H,(H,5,6)(H,7,8)/b;2-1+. The van der Waals surface area contributed by atoms with Crippen molar-refractivity contribution in [3.8, 4) is 11.5 Å². The number of rotatable bonds is 18. The van der Waals surface area contributed by atoms with Crippen LogP contribution in [0.3, 0.4) is 0 Å². The summed E-state index contributed by atoms with van der Waals surface area (Å²) in [4.78, 5) is 23.7. The lowest BCUT2D eigenvalue weighted by molar-refractivity contribution is -0.134. The second-order valence-electron chi connectivity index (χ2n) is 9.16. The van der Waals surface area contributed by atoms with Gasteiger partial charge < -0.3 is 30.7 Å². The Morgan fingerprint density at radius 3 is 2.26 bits per heavy atom. The zero-order valence-corrected chi connectivity index (χ0v) is 23.1. The quantitative estimate of drug-likeness (QED) is 0.134. The molecule has 0 saturated carbocycles. The number of nitrogens with one attached hydrogen (secondary N) is 1. The summed E-state index contributed by atoms with van der Waals surface area (Å²) in [6, 6.07) is 6.33. The Kier molecular flexibility index (Phi) is 17.0. The fourth-order valence-corrected chi connectivity index (χ4v) is 3.93. The van der Waals surface area contributed by atoms with E-state index in [-0.39, 0.29) is 0 Å². The maximum atomic E-state index is 9.55. The van der Waals surface area contributed by atoms with Gasteiger partial charge in [-0.05, 0) is 44.9 Å². The number of carboxylic acids is 2. The zero-order valence-electron chi connectivity index (χ0n) is 23.1. The van der Waals surface area contributed by atoms with Crippen molar-refractivity contribution < 1.29 is 29.3 Å². The number of aromatic nitrogens is 1. The smallest absolute Gasteiger partial charge is 0.328 e. The van der Waals surface area contributed by atoms with Crippen molar-refractivity contribution in [1.82, 2.24) is 4.98 Å². The van der Waals surface area contributed by atoms with Crippen LogP contribution in [-0.2, 0) is 9.59 Å². The van der Waals surface area contributed by atoms with Crippen molar-refractivity contribution in [3.63, 3.8) is 0 Å². The van der Waals surface area contributed by atoms with Crippen molar-refractivity contribution in [2.75, 3.05) is 25.6 Å². The molecule has 5 N–H and O–H groups in total. The number of hydrogen-bond acceptors (Lipinski definition) is 7. The third-order valence-electron chi connectivity index (χ3n) is 5.88. The molecule has 1 heterocycles. The van der Waals surface area contributed by atoms with Gasteiger partial charge in [-0.25, -0.2) is 9.59 Å². The molecule has 0 radical (unpaired) electrons. The van der Waals surface area contributed by atoms with Crippen molar-refractivity contribution >= 4 is 28.5 Å². The lowest BCUT2D eigenvalue weighted by Gasteiger charge is -2.20. The average molecular weight is 532 g/mol. The molecule has 0 spiro atoms. The number of hydrogen-bond donors (Lipinski definition) is 4. The van der Waals surface area contributed by atoms with Crippen LogP contribution in [0.15, 0.2) is 36.5 Å². The van der Waals surface area contributed by atoms with E-state index < -0.39 is 11.9 Å². The largest absolute Gasteiger partial charge is 0.493 e. The molecule has 0 aliphatic heterocycles. The number of carboxylic acid groups (broad SMARTS) is 2. The molecule has 38 heavy (non-hydrogen) atoms. The van der Waals surface area contributed by atoms with Crippen LogP contribution in [0.25, 0.3) is 10.9 Å². The summed E-state index contributed by atoms with van der Waals surface area (Å²) in [5, 5.41) is 20.2. The fraction of sp³-hybridized carbons (Fsp3) is 0.552. The third-order valence-corrected chi connectivity index (χ3v) is 5.88. The number of fused-ring (bicyclic) bond motifs is 1. The van der Waals surface area contributed by atoms with Crippen molar-refractivity contribution in [2.45, 2.75) is 84.1 Å². The van der Waals surface area contributed by atoms with Gasteiger partial charge in [0.1, 0.15) is 0 Å². The molecule has 212 valence electrons.